The van der Waals surface area contributed by atoms with E-state index in [0.29, 0.717) is 0 Å². The van der Waals surface area contributed by atoms with E-state index in [1.165, 1.54) is 59.2 Å². The first-order valence-corrected chi connectivity index (χ1v) is 8.51. The number of allylic oxidation sites excluding steroid dienone is 2. The lowest BCUT2D eigenvalue weighted by molar-refractivity contribution is 0.822. The van der Waals surface area contributed by atoms with Gasteiger partial charge in [0.25, 0.3) is 0 Å². The lowest BCUT2D eigenvalue weighted by Gasteiger charge is -2.22. The van der Waals surface area contributed by atoms with Crippen molar-refractivity contribution in [2.75, 3.05) is 0 Å². The van der Waals surface area contributed by atoms with Gasteiger partial charge in [0.05, 0.1) is 0 Å². The van der Waals surface area contributed by atoms with Crippen molar-refractivity contribution in [3.63, 3.8) is 0 Å². The maximum absolute atomic E-state index is 2.46. The summed E-state index contributed by atoms with van der Waals surface area (Å²) in [5.74, 6) is 0. The Morgan fingerprint density at radius 3 is 2.64 bits per heavy atom. The Kier molecular flexibility index (Phi) is 3.46. The summed E-state index contributed by atoms with van der Waals surface area (Å²) >= 11 is 0. The number of unbranched alkanes of at least 4 members (excludes halogenated alkanes) is 1. The molecule has 0 atom stereocenters. The zero-order valence-electron chi connectivity index (χ0n) is 13.2. The van der Waals surface area contributed by atoms with Gasteiger partial charge in [0.15, 0.2) is 0 Å². The molecule has 1 aliphatic rings. The molecule has 0 saturated carbocycles. The first kappa shape index (κ1) is 13.6. The van der Waals surface area contributed by atoms with E-state index in [1.807, 2.05) is 0 Å². The van der Waals surface area contributed by atoms with E-state index in [2.05, 4.69) is 61.5 Å². The van der Waals surface area contributed by atoms with Crippen LogP contribution in [0.4, 0.5) is 0 Å². The predicted octanol–water partition coefficient (Wildman–Crippen LogP) is 6.51. The molecule has 0 bridgehead atoms. The topological polar surface area (TPSA) is 0 Å². The number of aryl methyl sites for hydroxylation is 1. The minimum Gasteiger partial charge on any atom is -0.0807 e. The van der Waals surface area contributed by atoms with Crippen molar-refractivity contribution < 1.29 is 0 Å². The average molecular weight is 286 g/mol. The second-order valence-corrected chi connectivity index (χ2v) is 6.35. The van der Waals surface area contributed by atoms with Crippen molar-refractivity contribution in [1.29, 1.82) is 0 Å². The van der Waals surface area contributed by atoms with Gasteiger partial charge in [0.2, 0.25) is 0 Å². The quantitative estimate of drug-likeness (QED) is 0.471. The molecule has 0 nitrogen and oxygen atoms in total. The average Bonchev–Trinajstić information content (AvgIpc) is 2.59. The van der Waals surface area contributed by atoms with E-state index < -0.39 is 0 Å². The summed E-state index contributed by atoms with van der Waals surface area (Å²) in [7, 11) is 0. The van der Waals surface area contributed by atoms with Crippen LogP contribution < -0.4 is 0 Å². The van der Waals surface area contributed by atoms with E-state index in [0.717, 1.165) is 0 Å². The van der Waals surface area contributed by atoms with Gasteiger partial charge in [-0.05, 0) is 63.9 Å². The minimum atomic E-state index is 1.20. The fourth-order valence-corrected chi connectivity index (χ4v) is 3.84. The van der Waals surface area contributed by atoms with Crippen molar-refractivity contribution >= 4 is 27.1 Å². The molecule has 3 aromatic rings. The molecule has 1 aliphatic carbocycles. The summed E-state index contributed by atoms with van der Waals surface area (Å²) < 4.78 is 0. The summed E-state index contributed by atoms with van der Waals surface area (Å²) in [6, 6.07) is 18.0. The van der Waals surface area contributed by atoms with Gasteiger partial charge in [-0.3, -0.25) is 0 Å². The van der Waals surface area contributed by atoms with Crippen LogP contribution in [0.15, 0.2) is 54.6 Å². The van der Waals surface area contributed by atoms with E-state index in [9.17, 15) is 0 Å². The first-order valence-electron chi connectivity index (χ1n) is 8.51. The lowest BCUT2D eigenvalue weighted by Crippen LogP contribution is -2.03. The summed E-state index contributed by atoms with van der Waals surface area (Å²) in [5, 5.41) is 5.59. The molecule has 0 radical (unpaired) electrons. The molecule has 0 heteroatoms. The second-order valence-electron chi connectivity index (χ2n) is 6.35. The van der Waals surface area contributed by atoms with E-state index in [4.69, 9.17) is 0 Å². The van der Waals surface area contributed by atoms with E-state index in [-0.39, 0.29) is 0 Å². The fourth-order valence-electron chi connectivity index (χ4n) is 3.84. The highest BCUT2D eigenvalue weighted by molar-refractivity contribution is 6.09. The van der Waals surface area contributed by atoms with Gasteiger partial charge in [-0.25, -0.2) is 0 Å². The molecule has 4 rings (SSSR count). The van der Waals surface area contributed by atoms with Gasteiger partial charge in [0.1, 0.15) is 0 Å². The van der Waals surface area contributed by atoms with Crippen molar-refractivity contribution in [1.82, 2.24) is 0 Å². The molecule has 0 aromatic heterocycles. The summed E-state index contributed by atoms with van der Waals surface area (Å²) in [6.07, 6.45) is 8.64. The molecule has 22 heavy (non-hydrogen) atoms. The van der Waals surface area contributed by atoms with E-state index >= 15 is 0 Å². The van der Waals surface area contributed by atoms with Gasteiger partial charge in [0, 0.05) is 0 Å². The van der Waals surface area contributed by atoms with Crippen LogP contribution in [0.2, 0.25) is 0 Å². The highest BCUT2D eigenvalue weighted by Crippen LogP contribution is 2.37. The molecular formula is C22H22. The van der Waals surface area contributed by atoms with Crippen molar-refractivity contribution in [3.8, 4) is 0 Å². The van der Waals surface area contributed by atoms with Crippen LogP contribution in [0.3, 0.4) is 0 Å². The standard InChI is InChI=1S/C22H22/c1-2-3-7-16-9-6-11-20-19(16)14-15-21-18-10-5-4-8-17(18)12-13-22(20)21/h4-5,7-8,10,12-15H,2-3,6,9,11H2,1H3. The zero-order chi connectivity index (χ0) is 14.9. The van der Waals surface area contributed by atoms with E-state index in [1.54, 1.807) is 11.1 Å². The Balaban J connectivity index is 1.98. The van der Waals surface area contributed by atoms with Gasteiger partial charge in [-0.15, -0.1) is 0 Å². The van der Waals surface area contributed by atoms with Crippen LogP contribution in [0, 0.1) is 0 Å². The summed E-state index contributed by atoms with van der Waals surface area (Å²) in [6.45, 7) is 2.26. The van der Waals surface area contributed by atoms with Crippen LogP contribution in [0.1, 0.15) is 43.7 Å². The normalized spacial score (nSPS) is 16.3. The summed E-state index contributed by atoms with van der Waals surface area (Å²) in [4.78, 5) is 0. The Labute approximate surface area is 132 Å². The smallest absolute Gasteiger partial charge is 0.0102 e. The number of rotatable bonds is 2. The maximum Gasteiger partial charge on any atom is -0.0102 e. The number of fused-ring (bicyclic) bond motifs is 5. The van der Waals surface area contributed by atoms with Crippen LogP contribution in [0.25, 0.3) is 27.1 Å². The predicted molar refractivity (Wildman–Crippen MR) is 97.3 cm³/mol. The Morgan fingerprint density at radius 2 is 1.73 bits per heavy atom. The largest absolute Gasteiger partial charge is 0.0807 e. The summed E-state index contributed by atoms with van der Waals surface area (Å²) in [5.41, 5.74) is 4.64. The Morgan fingerprint density at radius 1 is 0.864 bits per heavy atom. The van der Waals surface area contributed by atoms with Crippen molar-refractivity contribution in [3.05, 3.63) is 65.7 Å². The molecule has 0 saturated heterocycles. The molecule has 0 unspecified atom stereocenters. The first-order chi connectivity index (χ1) is 10.9. The molecule has 0 fully saturated rings. The molecule has 0 N–H and O–H groups in total. The van der Waals surface area contributed by atoms with Crippen LogP contribution in [-0.2, 0) is 6.42 Å². The molecule has 0 spiro atoms. The molecule has 0 amide bonds. The van der Waals surface area contributed by atoms with Crippen molar-refractivity contribution in [2.24, 2.45) is 0 Å². The van der Waals surface area contributed by atoms with Gasteiger partial charge in [-0.1, -0.05) is 68.0 Å². The zero-order valence-corrected chi connectivity index (χ0v) is 13.2. The monoisotopic (exact) mass is 286 g/mol. The molecule has 0 aliphatic heterocycles. The van der Waals surface area contributed by atoms with Crippen LogP contribution in [0.5, 0.6) is 0 Å². The third-order valence-corrected chi connectivity index (χ3v) is 4.94. The molecule has 3 aromatic carbocycles. The third-order valence-electron chi connectivity index (χ3n) is 4.94. The highest BCUT2D eigenvalue weighted by atomic mass is 14.2. The van der Waals surface area contributed by atoms with Crippen LogP contribution >= 0.6 is 0 Å². The Bertz CT molecular complexity index is 868. The molecular weight excluding hydrogens is 264 g/mol. The van der Waals surface area contributed by atoms with Gasteiger partial charge >= 0.3 is 0 Å². The fraction of sp³-hybridized carbons (Fsp3) is 0.273. The highest BCUT2D eigenvalue weighted by Gasteiger charge is 2.16. The molecule has 110 valence electrons. The van der Waals surface area contributed by atoms with Gasteiger partial charge in [-0.2, -0.15) is 0 Å². The molecule has 0 heterocycles. The number of benzene rings is 3. The number of hydrogen-bond acceptors (Lipinski definition) is 0. The maximum atomic E-state index is 2.46. The SMILES string of the molecule is CCCC=C1CCCc2c1ccc1c2ccc2ccccc21. The number of hydrogen-bond donors (Lipinski definition) is 0. The second kappa shape index (κ2) is 5.61. The lowest BCUT2D eigenvalue weighted by atomic mass is 9.83. The van der Waals surface area contributed by atoms with Gasteiger partial charge < -0.3 is 0 Å². The van der Waals surface area contributed by atoms with Crippen LogP contribution in [-0.4, -0.2) is 0 Å². The van der Waals surface area contributed by atoms with Crippen molar-refractivity contribution in [2.45, 2.75) is 39.0 Å². The minimum absolute atomic E-state index is 1.20. The third kappa shape index (κ3) is 2.14. The Hall–Kier alpha value is -2.08.